The first-order valence-corrected chi connectivity index (χ1v) is 11.7. The summed E-state index contributed by atoms with van der Waals surface area (Å²) in [6.07, 6.45) is 6.66. The van der Waals surface area contributed by atoms with Crippen molar-refractivity contribution in [2.75, 3.05) is 39.5 Å². The molecule has 1 fully saturated rings. The van der Waals surface area contributed by atoms with E-state index in [2.05, 4.69) is 14.9 Å². The van der Waals surface area contributed by atoms with Crippen LogP contribution in [0.4, 0.5) is 0 Å². The van der Waals surface area contributed by atoms with Crippen LogP contribution in [0, 0.1) is 0 Å². The molecule has 1 aromatic carbocycles. The minimum atomic E-state index is 0.409. The topological polar surface area (TPSA) is 86.9 Å². The van der Waals surface area contributed by atoms with Crippen molar-refractivity contribution in [1.82, 2.24) is 29.5 Å². The van der Waals surface area contributed by atoms with Crippen LogP contribution >= 0.6 is 0 Å². The highest BCUT2D eigenvalue weighted by Gasteiger charge is 2.15. The van der Waals surface area contributed by atoms with Gasteiger partial charge >= 0.3 is 6.01 Å². The van der Waals surface area contributed by atoms with Crippen molar-refractivity contribution in [2.24, 2.45) is 0 Å². The van der Waals surface area contributed by atoms with Crippen molar-refractivity contribution in [3.05, 3.63) is 60.2 Å². The van der Waals surface area contributed by atoms with Gasteiger partial charge in [-0.3, -0.25) is 4.90 Å². The Hall–Kier alpha value is -3.72. The molecule has 0 radical (unpaired) electrons. The van der Waals surface area contributed by atoms with E-state index in [1.165, 1.54) is 12.8 Å². The molecular formula is C25H26N6O3. The maximum Gasteiger partial charge on any atom is 0.316 e. The van der Waals surface area contributed by atoms with E-state index in [1.54, 1.807) is 12.4 Å². The second-order valence-electron chi connectivity index (χ2n) is 8.52. The number of benzene rings is 1. The molecule has 0 spiro atoms. The Morgan fingerprint density at radius 1 is 0.941 bits per heavy atom. The Kier molecular flexibility index (Phi) is 5.68. The molecule has 9 nitrogen and oxygen atoms in total. The van der Waals surface area contributed by atoms with E-state index in [1.807, 2.05) is 40.9 Å². The first kappa shape index (κ1) is 20.9. The molecule has 0 unspecified atom stereocenters. The van der Waals surface area contributed by atoms with Crippen LogP contribution in [0.15, 0.2) is 48.8 Å². The molecular weight excluding hydrogens is 432 g/mol. The summed E-state index contributed by atoms with van der Waals surface area (Å²) >= 11 is 0. The highest BCUT2D eigenvalue weighted by atomic mass is 16.6. The smallest absolute Gasteiger partial charge is 0.316 e. The van der Waals surface area contributed by atoms with Crippen LogP contribution in [-0.4, -0.2) is 68.9 Å². The Labute approximate surface area is 197 Å². The summed E-state index contributed by atoms with van der Waals surface area (Å²) in [4.78, 5) is 15.8. The zero-order chi connectivity index (χ0) is 22.7. The largest absolute Gasteiger partial charge is 0.486 e. The van der Waals surface area contributed by atoms with E-state index in [4.69, 9.17) is 24.3 Å². The quantitative estimate of drug-likeness (QED) is 0.418. The second kappa shape index (κ2) is 9.26. The molecule has 0 N–H and O–H groups in total. The maximum atomic E-state index is 5.74. The summed E-state index contributed by atoms with van der Waals surface area (Å²) in [5.74, 6) is 2.22. The zero-order valence-electron chi connectivity index (χ0n) is 18.9. The van der Waals surface area contributed by atoms with Crippen LogP contribution in [-0.2, 0) is 6.42 Å². The summed E-state index contributed by atoms with van der Waals surface area (Å²) in [6, 6.07) is 12.3. The highest BCUT2D eigenvalue weighted by Crippen LogP contribution is 2.34. The van der Waals surface area contributed by atoms with Gasteiger partial charge in [0.1, 0.15) is 19.8 Å². The lowest BCUT2D eigenvalue weighted by molar-refractivity contribution is 0.171. The highest BCUT2D eigenvalue weighted by molar-refractivity contribution is 5.66. The van der Waals surface area contributed by atoms with Crippen LogP contribution in [0.2, 0.25) is 0 Å². The van der Waals surface area contributed by atoms with Crippen molar-refractivity contribution in [2.45, 2.75) is 19.3 Å². The lowest BCUT2D eigenvalue weighted by Crippen LogP contribution is -2.25. The van der Waals surface area contributed by atoms with Crippen molar-refractivity contribution < 1.29 is 14.2 Å². The van der Waals surface area contributed by atoms with Gasteiger partial charge in [-0.15, -0.1) is 0 Å². The molecule has 0 aliphatic carbocycles. The molecule has 2 aliphatic heterocycles. The number of fused-ring (bicyclic) bond motifs is 2. The molecule has 6 rings (SSSR count). The van der Waals surface area contributed by atoms with E-state index in [-0.39, 0.29) is 0 Å². The third-order valence-corrected chi connectivity index (χ3v) is 6.12. The minimum absolute atomic E-state index is 0.409. The predicted molar refractivity (Wildman–Crippen MR) is 125 cm³/mol. The lowest BCUT2D eigenvalue weighted by Gasteiger charge is -2.19. The van der Waals surface area contributed by atoms with Crippen LogP contribution in [0.5, 0.6) is 17.5 Å². The molecule has 3 aromatic heterocycles. The number of likely N-dealkylation sites (tertiary alicyclic amines) is 1. The fourth-order valence-electron chi connectivity index (χ4n) is 4.41. The summed E-state index contributed by atoms with van der Waals surface area (Å²) in [7, 11) is 0. The fourth-order valence-corrected chi connectivity index (χ4v) is 4.41. The Morgan fingerprint density at radius 3 is 2.62 bits per heavy atom. The van der Waals surface area contributed by atoms with Gasteiger partial charge in [-0.05, 0) is 61.8 Å². The third-order valence-electron chi connectivity index (χ3n) is 6.12. The van der Waals surface area contributed by atoms with Gasteiger partial charge in [-0.25, -0.2) is 19.5 Å². The van der Waals surface area contributed by atoms with E-state index in [0.29, 0.717) is 38.1 Å². The van der Waals surface area contributed by atoms with Crippen LogP contribution in [0.3, 0.4) is 0 Å². The predicted octanol–water partition coefficient (Wildman–Crippen LogP) is 3.02. The van der Waals surface area contributed by atoms with Gasteiger partial charge in [0.05, 0.1) is 5.69 Å². The van der Waals surface area contributed by atoms with Gasteiger partial charge in [0.15, 0.2) is 23.0 Å². The summed E-state index contributed by atoms with van der Waals surface area (Å²) in [5.41, 5.74) is 3.64. The molecule has 34 heavy (non-hydrogen) atoms. The molecule has 5 heterocycles. The van der Waals surface area contributed by atoms with Crippen LogP contribution in [0.25, 0.3) is 16.9 Å². The van der Waals surface area contributed by atoms with Gasteiger partial charge in [-0.1, -0.05) is 6.07 Å². The van der Waals surface area contributed by atoms with Crippen molar-refractivity contribution in [1.29, 1.82) is 0 Å². The molecule has 4 aromatic rings. The molecule has 0 saturated carbocycles. The first-order valence-electron chi connectivity index (χ1n) is 11.7. The number of aromatic nitrogens is 5. The lowest BCUT2D eigenvalue weighted by atomic mass is 10.1. The van der Waals surface area contributed by atoms with Gasteiger partial charge in [-0.2, -0.15) is 5.10 Å². The number of ether oxygens (including phenoxy) is 3. The number of rotatable bonds is 7. The van der Waals surface area contributed by atoms with Gasteiger partial charge < -0.3 is 14.2 Å². The van der Waals surface area contributed by atoms with Crippen molar-refractivity contribution >= 4 is 5.65 Å². The first-order chi connectivity index (χ1) is 16.8. The van der Waals surface area contributed by atoms with Gasteiger partial charge in [0.25, 0.3) is 0 Å². The normalized spacial score (nSPS) is 15.6. The van der Waals surface area contributed by atoms with E-state index in [0.717, 1.165) is 53.6 Å². The number of pyridine rings is 1. The minimum Gasteiger partial charge on any atom is -0.486 e. The van der Waals surface area contributed by atoms with Crippen molar-refractivity contribution in [3.8, 4) is 28.8 Å². The Morgan fingerprint density at radius 2 is 1.76 bits per heavy atom. The van der Waals surface area contributed by atoms with Crippen LogP contribution < -0.4 is 14.2 Å². The van der Waals surface area contributed by atoms with Gasteiger partial charge in [0.2, 0.25) is 0 Å². The molecule has 2 aliphatic rings. The van der Waals surface area contributed by atoms with Crippen LogP contribution in [0.1, 0.15) is 24.2 Å². The summed E-state index contributed by atoms with van der Waals surface area (Å²) in [6.45, 7) is 4.97. The van der Waals surface area contributed by atoms with Crippen molar-refractivity contribution in [3.63, 3.8) is 0 Å². The molecule has 0 atom stereocenters. The number of nitrogens with zero attached hydrogens (tertiary/aromatic N) is 6. The Bertz CT molecular complexity index is 1280. The number of hydrogen-bond donors (Lipinski definition) is 0. The summed E-state index contributed by atoms with van der Waals surface area (Å²) in [5, 5.41) is 4.75. The molecule has 1 saturated heterocycles. The molecule has 0 bridgehead atoms. The standard InChI is InChI=1S/C25H26N6O3/c1-2-9-30(8-1)10-11-34-25-26-16-18(17-27-25)14-23-28-24-5-3-4-20(31(24)29-23)19-6-7-21-22(15-19)33-13-12-32-21/h3-7,15-17H,1-2,8-14H2. The third kappa shape index (κ3) is 4.38. The summed E-state index contributed by atoms with van der Waals surface area (Å²) < 4.78 is 19.0. The monoisotopic (exact) mass is 458 g/mol. The average molecular weight is 459 g/mol. The average Bonchev–Trinajstić information content (AvgIpc) is 3.54. The molecule has 0 amide bonds. The molecule has 174 valence electrons. The fraction of sp³-hybridized carbons (Fsp3) is 0.360. The molecule has 9 heteroatoms. The maximum absolute atomic E-state index is 5.74. The van der Waals surface area contributed by atoms with E-state index in [9.17, 15) is 0 Å². The van der Waals surface area contributed by atoms with E-state index >= 15 is 0 Å². The Balaban J connectivity index is 1.16. The van der Waals surface area contributed by atoms with E-state index < -0.39 is 0 Å². The second-order valence-corrected chi connectivity index (χ2v) is 8.52. The van der Waals surface area contributed by atoms with Gasteiger partial charge in [0, 0.05) is 30.9 Å². The number of hydrogen-bond acceptors (Lipinski definition) is 8. The SMILES string of the molecule is c1cc(-c2ccc3c(c2)OCCO3)n2nc(Cc3cnc(OCCN4CCCC4)nc3)nc2c1. The zero-order valence-corrected chi connectivity index (χ0v) is 18.9.